The molecule has 0 aromatic heterocycles. The fraction of sp³-hybridized carbons (Fsp3) is 0.429. The zero-order chi connectivity index (χ0) is 18.5. The molecule has 140 valence electrons. The SMILES string of the molecule is COCO[C@@H]1CCCc2cc(OC)c(OC)c(OC)c2-c2ccccc21. The molecular formula is C21H26O5. The average molecular weight is 358 g/mol. The van der Waals surface area contributed by atoms with Crippen molar-refractivity contribution in [1.29, 1.82) is 0 Å². The van der Waals surface area contributed by atoms with Crippen LogP contribution in [0, 0.1) is 0 Å². The predicted molar refractivity (Wildman–Crippen MR) is 100 cm³/mol. The van der Waals surface area contributed by atoms with Gasteiger partial charge in [0.15, 0.2) is 11.5 Å². The molecule has 3 rings (SSSR count). The van der Waals surface area contributed by atoms with Crippen molar-refractivity contribution in [3.05, 3.63) is 41.5 Å². The molecule has 2 aromatic carbocycles. The fourth-order valence-corrected chi connectivity index (χ4v) is 3.66. The minimum absolute atomic E-state index is 0.0166. The summed E-state index contributed by atoms with van der Waals surface area (Å²) in [4.78, 5) is 0. The Labute approximate surface area is 154 Å². The molecule has 2 aromatic rings. The fourth-order valence-electron chi connectivity index (χ4n) is 3.66. The minimum Gasteiger partial charge on any atom is -0.493 e. The van der Waals surface area contributed by atoms with E-state index in [-0.39, 0.29) is 12.9 Å². The van der Waals surface area contributed by atoms with Gasteiger partial charge < -0.3 is 23.7 Å². The first-order chi connectivity index (χ1) is 12.7. The Morgan fingerprint density at radius 2 is 1.73 bits per heavy atom. The van der Waals surface area contributed by atoms with Crippen LogP contribution in [0.1, 0.15) is 30.1 Å². The minimum atomic E-state index is -0.0166. The highest BCUT2D eigenvalue weighted by Gasteiger charge is 2.27. The van der Waals surface area contributed by atoms with E-state index in [1.54, 1.807) is 28.4 Å². The van der Waals surface area contributed by atoms with Crippen molar-refractivity contribution < 1.29 is 23.7 Å². The molecule has 1 atom stereocenters. The Kier molecular flexibility index (Phi) is 6.01. The molecule has 0 amide bonds. The molecule has 5 heteroatoms. The van der Waals surface area contributed by atoms with Crippen molar-refractivity contribution in [2.45, 2.75) is 25.4 Å². The maximum atomic E-state index is 5.97. The smallest absolute Gasteiger partial charge is 0.203 e. The van der Waals surface area contributed by atoms with Crippen molar-refractivity contribution in [1.82, 2.24) is 0 Å². The van der Waals surface area contributed by atoms with Gasteiger partial charge in [0.05, 0.1) is 27.4 Å². The third kappa shape index (κ3) is 3.37. The van der Waals surface area contributed by atoms with Crippen LogP contribution in [0.4, 0.5) is 0 Å². The Morgan fingerprint density at radius 3 is 2.42 bits per heavy atom. The first kappa shape index (κ1) is 18.5. The molecule has 0 saturated heterocycles. The highest BCUT2D eigenvalue weighted by Crippen LogP contribution is 2.50. The summed E-state index contributed by atoms with van der Waals surface area (Å²) in [5.41, 5.74) is 4.47. The molecule has 0 fully saturated rings. The first-order valence-electron chi connectivity index (χ1n) is 8.76. The number of benzene rings is 2. The maximum Gasteiger partial charge on any atom is 0.203 e. The Bertz CT molecular complexity index is 756. The molecule has 0 radical (unpaired) electrons. The van der Waals surface area contributed by atoms with Gasteiger partial charge in [-0.2, -0.15) is 0 Å². The summed E-state index contributed by atoms with van der Waals surface area (Å²) in [6, 6.07) is 10.4. The number of methoxy groups -OCH3 is 4. The summed E-state index contributed by atoms with van der Waals surface area (Å²) in [5, 5.41) is 0. The van der Waals surface area contributed by atoms with Gasteiger partial charge in [0, 0.05) is 12.7 Å². The van der Waals surface area contributed by atoms with Gasteiger partial charge in [-0.3, -0.25) is 0 Å². The van der Waals surface area contributed by atoms with Gasteiger partial charge in [-0.25, -0.2) is 0 Å². The van der Waals surface area contributed by atoms with E-state index in [0.29, 0.717) is 17.2 Å². The van der Waals surface area contributed by atoms with Crippen LogP contribution in [0.2, 0.25) is 0 Å². The summed E-state index contributed by atoms with van der Waals surface area (Å²) in [6.07, 6.45) is 2.81. The quantitative estimate of drug-likeness (QED) is 0.717. The van der Waals surface area contributed by atoms with Gasteiger partial charge in [0.2, 0.25) is 5.75 Å². The summed E-state index contributed by atoms with van der Waals surface area (Å²) in [6.45, 7) is 0.273. The Morgan fingerprint density at radius 1 is 0.962 bits per heavy atom. The molecule has 1 aliphatic rings. The zero-order valence-corrected chi connectivity index (χ0v) is 15.8. The highest BCUT2D eigenvalue weighted by atomic mass is 16.7. The Hall–Kier alpha value is -2.24. The summed E-state index contributed by atoms with van der Waals surface area (Å²) in [7, 11) is 6.59. The molecule has 26 heavy (non-hydrogen) atoms. The topological polar surface area (TPSA) is 46.2 Å². The lowest BCUT2D eigenvalue weighted by atomic mass is 9.85. The van der Waals surface area contributed by atoms with Gasteiger partial charge in [0.1, 0.15) is 6.79 Å². The van der Waals surface area contributed by atoms with E-state index in [2.05, 4.69) is 18.2 Å². The van der Waals surface area contributed by atoms with Crippen molar-refractivity contribution in [3.8, 4) is 28.4 Å². The van der Waals surface area contributed by atoms with E-state index in [1.807, 2.05) is 12.1 Å². The second kappa shape index (κ2) is 8.43. The average Bonchev–Trinajstić information content (AvgIpc) is 2.67. The summed E-state index contributed by atoms with van der Waals surface area (Å²) >= 11 is 0. The van der Waals surface area contributed by atoms with E-state index in [1.165, 1.54) is 5.56 Å². The normalized spacial score (nSPS) is 16.1. The lowest BCUT2D eigenvalue weighted by molar-refractivity contribution is -0.0762. The van der Waals surface area contributed by atoms with Crippen LogP contribution in [0.25, 0.3) is 11.1 Å². The molecule has 0 unspecified atom stereocenters. The summed E-state index contributed by atoms with van der Waals surface area (Å²) in [5.74, 6) is 1.99. The first-order valence-corrected chi connectivity index (χ1v) is 8.76. The molecule has 0 heterocycles. The van der Waals surface area contributed by atoms with Crippen molar-refractivity contribution >= 4 is 0 Å². The third-order valence-electron chi connectivity index (χ3n) is 4.79. The number of aryl methyl sites for hydroxylation is 1. The van der Waals surface area contributed by atoms with Crippen LogP contribution in [0.3, 0.4) is 0 Å². The van der Waals surface area contributed by atoms with Crippen LogP contribution >= 0.6 is 0 Å². The summed E-state index contributed by atoms with van der Waals surface area (Å²) < 4.78 is 28.0. The second-order valence-corrected chi connectivity index (χ2v) is 6.22. The maximum absolute atomic E-state index is 5.97. The van der Waals surface area contributed by atoms with Gasteiger partial charge in [0.25, 0.3) is 0 Å². The van der Waals surface area contributed by atoms with Crippen LogP contribution in [0.15, 0.2) is 30.3 Å². The van der Waals surface area contributed by atoms with E-state index in [0.717, 1.165) is 36.0 Å². The molecule has 5 nitrogen and oxygen atoms in total. The van der Waals surface area contributed by atoms with E-state index < -0.39 is 0 Å². The van der Waals surface area contributed by atoms with Gasteiger partial charge in [-0.05, 0) is 42.0 Å². The predicted octanol–water partition coefficient (Wildman–Crippen LogP) is 4.38. The molecule has 0 saturated carbocycles. The molecule has 1 aliphatic carbocycles. The lowest BCUT2D eigenvalue weighted by Crippen LogP contribution is -2.12. The van der Waals surface area contributed by atoms with Crippen LogP contribution in [-0.4, -0.2) is 35.2 Å². The van der Waals surface area contributed by atoms with Gasteiger partial charge in [-0.1, -0.05) is 24.3 Å². The molecule has 0 N–H and O–H groups in total. The lowest BCUT2D eigenvalue weighted by Gasteiger charge is -2.27. The van der Waals surface area contributed by atoms with Crippen molar-refractivity contribution in [2.24, 2.45) is 0 Å². The standard InChI is InChI=1S/C21H26O5/c1-22-13-26-17-11-7-8-14-12-18(23-2)20(24-3)21(25-4)19(14)16-10-6-5-9-15(16)17/h5-6,9-10,12,17H,7-8,11,13H2,1-4H3/t17-/m1/s1. The number of rotatable bonds is 6. The monoisotopic (exact) mass is 358 g/mol. The second-order valence-electron chi connectivity index (χ2n) is 6.22. The van der Waals surface area contributed by atoms with Crippen LogP contribution in [-0.2, 0) is 15.9 Å². The van der Waals surface area contributed by atoms with E-state index in [4.69, 9.17) is 23.7 Å². The van der Waals surface area contributed by atoms with Crippen LogP contribution < -0.4 is 14.2 Å². The number of fused-ring (bicyclic) bond motifs is 3. The number of ether oxygens (including phenoxy) is 5. The zero-order valence-electron chi connectivity index (χ0n) is 15.8. The van der Waals surface area contributed by atoms with E-state index >= 15 is 0 Å². The highest BCUT2D eigenvalue weighted by molar-refractivity contribution is 5.82. The number of hydrogen-bond donors (Lipinski definition) is 0. The molecule has 0 bridgehead atoms. The third-order valence-corrected chi connectivity index (χ3v) is 4.79. The number of hydrogen-bond acceptors (Lipinski definition) is 5. The molecule has 0 aliphatic heterocycles. The molecular weight excluding hydrogens is 332 g/mol. The van der Waals surface area contributed by atoms with Crippen molar-refractivity contribution in [3.63, 3.8) is 0 Å². The molecule has 0 spiro atoms. The van der Waals surface area contributed by atoms with Crippen LogP contribution in [0.5, 0.6) is 17.2 Å². The Balaban J connectivity index is 2.24. The van der Waals surface area contributed by atoms with Gasteiger partial charge in [-0.15, -0.1) is 0 Å². The van der Waals surface area contributed by atoms with E-state index in [9.17, 15) is 0 Å². The largest absolute Gasteiger partial charge is 0.493 e. The van der Waals surface area contributed by atoms with Gasteiger partial charge >= 0.3 is 0 Å². The van der Waals surface area contributed by atoms with Crippen molar-refractivity contribution in [2.75, 3.05) is 35.2 Å².